The molecule has 1 aliphatic heterocycles. The molecule has 0 bridgehead atoms. The van der Waals surface area contributed by atoms with Crippen molar-refractivity contribution < 1.29 is 28.6 Å². The summed E-state index contributed by atoms with van der Waals surface area (Å²) in [5.41, 5.74) is 0.0782. The zero-order chi connectivity index (χ0) is 15.4. The van der Waals surface area contributed by atoms with Gasteiger partial charge in [0.05, 0.1) is 24.8 Å². The molecule has 1 aromatic rings. The van der Waals surface area contributed by atoms with E-state index in [0.29, 0.717) is 6.61 Å². The van der Waals surface area contributed by atoms with Crippen LogP contribution in [0.4, 0.5) is 4.39 Å². The summed E-state index contributed by atoms with van der Waals surface area (Å²) < 4.78 is 23.7. The fourth-order valence-electron chi connectivity index (χ4n) is 1.85. The Kier molecular flexibility index (Phi) is 5.11. The third-order valence-corrected chi connectivity index (χ3v) is 3.23. The number of carboxylic acid groups (broad SMARTS) is 1. The van der Waals surface area contributed by atoms with Gasteiger partial charge in [0.2, 0.25) is 0 Å². The lowest BCUT2D eigenvalue weighted by Crippen LogP contribution is -2.45. The third kappa shape index (κ3) is 3.90. The van der Waals surface area contributed by atoms with Crippen LogP contribution < -0.4 is 5.32 Å². The molecule has 21 heavy (non-hydrogen) atoms. The first kappa shape index (κ1) is 15.7. The second kappa shape index (κ2) is 6.84. The lowest BCUT2D eigenvalue weighted by Gasteiger charge is -2.24. The highest BCUT2D eigenvalue weighted by atomic mass is 35.5. The molecule has 0 aromatic heterocycles. The first-order valence-corrected chi connectivity index (χ1v) is 6.54. The number of hydrogen-bond acceptors (Lipinski definition) is 4. The number of carbonyl (C=O) groups is 2. The first-order chi connectivity index (χ1) is 9.99. The van der Waals surface area contributed by atoms with Gasteiger partial charge in [-0.25, -0.2) is 9.18 Å². The number of amides is 1. The molecule has 1 aromatic carbocycles. The fourth-order valence-corrected chi connectivity index (χ4v) is 1.97. The van der Waals surface area contributed by atoms with Gasteiger partial charge in [0, 0.05) is 0 Å². The highest BCUT2D eigenvalue weighted by Crippen LogP contribution is 2.21. The van der Waals surface area contributed by atoms with E-state index in [1.54, 1.807) is 0 Å². The second-order valence-electron chi connectivity index (χ2n) is 4.39. The van der Waals surface area contributed by atoms with Crippen LogP contribution in [0.15, 0.2) is 18.2 Å². The Balaban J connectivity index is 2.13. The zero-order valence-electron chi connectivity index (χ0n) is 10.8. The molecule has 114 valence electrons. The van der Waals surface area contributed by atoms with Crippen molar-refractivity contribution in [1.82, 2.24) is 5.32 Å². The van der Waals surface area contributed by atoms with Gasteiger partial charge in [-0.3, -0.25) is 4.79 Å². The molecular weight excluding hydrogens is 305 g/mol. The van der Waals surface area contributed by atoms with E-state index in [-0.39, 0.29) is 23.8 Å². The second-order valence-corrected chi connectivity index (χ2v) is 4.79. The topological polar surface area (TPSA) is 84.9 Å². The molecule has 1 amide bonds. The van der Waals surface area contributed by atoms with E-state index < -0.39 is 29.8 Å². The van der Waals surface area contributed by atoms with Gasteiger partial charge in [0.15, 0.2) is 12.1 Å². The SMILES string of the molecule is O=C(NC(C(=O)O)c1ccc(Cl)c(F)c1)C1COCCO1. The summed E-state index contributed by atoms with van der Waals surface area (Å²) in [6.07, 6.45) is -0.877. The Bertz CT molecular complexity index is 547. The van der Waals surface area contributed by atoms with E-state index in [0.717, 1.165) is 6.07 Å². The summed E-state index contributed by atoms with van der Waals surface area (Å²) in [4.78, 5) is 23.2. The van der Waals surface area contributed by atoms with Gasteiger partial charge in [-0.15, -0.1) is 0 Å². The van der Waals surface area contributed by atoms with Crippen molar-refractivity contribution in [3.63, 3.8) is 0 Å². The molecule has 6 nitrogen and oxygen atoms in total. The maximum atomic E-state index is 13.4. The van der Waals surface area contributed by atoms with Crippen LogP contribution in [0.25, 0.3) is 0 Å². The van der Waals surface area contributed by atoms with E-state index >= 15 is 0 Å². The van der Waals surface area contributed by atoms with E-state index in [2.05, 4.69) is 5.32 Å². The minimum Gasteiger partial charge on any atom is -0.479 e. The van der Waals surface area contributed by atoms with E-state index in [4.69, 9.17) is 21.1 Å². The molecule has 2 atom stereocenters. The van der Waals surface area contributed by atoms with Crippen molar-refractivity contribution >= 4 is 23.5 Å². The lowest BCUT2D eigenvalue weighted by atomic mass is 10.1. The Hall–Kier alpha value is -1.70. The van der Waals surface area contributed by atoms with E-state index in [1.165, 1.54) is 12.1 Å². The predicted molar refractivity (Wildman–Crippen MR) is 70.5 cm³/mol. The molecule has 0 spiro atoms. The quantitative estimate of drug-likeness (QED) is 0.870. The summed E-state index contributed by atoms with van der Waals surface area (Å²) in [7, 11) is 0. The van der Waals surface area contributed by atoms with Crippen LogP contribution in [0.1, 0.15) is 11.6 Å². The molecule has 1 aliphatic rings. The highest BCUT2D eigenvalue weighted by molar-refractivity contribution is 6.30. The summed E-state index contributed by atoms with van der Waals surface area (Å²) in [5.74, 6) is -2.70. The van der Waals surface area contributed by atoms with Gasteiger partial charge in [0.1, 0.15) is 5.82 Å². The molecule has 0 aliphatic carbocycles. The standard InChI is InChI=1S/C13H13ClFNO5/c14-8-2-1-7(5-9(8)15)11(13(18)19)16-12(17)10-6-20-3-4-21-10/h1-2,5,10-11H,3-4,6H2,(H,16,17)(H,18,19). The number of benzene rings is 1. The minimum absolute atomic E-state index is 0.0488. The molecule has 2 unspecified atom stereocenters. The number of rotatable bonds is 4. The minimum atomic E-state index is -1.39. The van der Waals surface area contributed by atoms with Gasteiger partial charge in [0.25, 0.3) is 5.91 Å². The molecule has 0 radical (unpaired) electrons. The number of ether oxygens (including phenoxy) is 2. The van der Waals surface area contributed by atoms with Crippen LogP contribution in [-0.4, -0.2) is 42.9 Å². The fraction of sp³-hybridized carbons (Fsp3) is 0.385. The third-order valence-electron chi connectivity index (χ3n) is 2.92. The monoisotopic (exact) mass is 317 g/mol. The Morgan fingerprint density at radius 2 is 2.19 bits per heavy atom. The van der Waals surface area contributed by atoms with Crippen LogP contribution >= 0.6 is 11.6 Å². The van der Waals surface area contributed by atoms with Crippen LogP contribution in [0.2, 0.25) is 5.02 Å². The highest BCUT2D eigenvalue weighted by Gasteiger charge is 2.29. The molecule has 8 heteroatoms. The van der Waals surface area contributed by atoms with E-state index in [9.17, 15) is 19.1 Å². The van der Waals surface area contributed by atoms with Gasteiger partial charge in [-0.05, 0) is 17.7 Å². The van der Waals surface area contributed by atoms with Crippen LogP contribution in [0.3, 0.4) is 0 Å². The van der Waals surface area contributed by atoms with Gasteiger partial charge < -0.3 is 19.9 Å². The van der Waals surface area contributed by atoms with Crippen LogP contribution in [0, 0.1) is 5.82 Å². The lowest BCUT2D eigenvalue weighted by molar-refractivity contribution is -0.152. The number of halogens is 2. The average Bonchev–Trinajstić information content (AvgIpc) is 2.48. The largest absolute Gasteiger partial charge is 0.479 e. The number of nitrogens with one attached hydrogen (secondary N) is 1. The van der Waals surface area contributed by atoms with Crippen molar-refractivity contribution in [1.29, 1.82) is 0 Å². The predicted octanol–water partition coefficient (Wildman–Crippen LogP) is 1.14. The molecule has 0 saturated carbocycles. The van der Waals surface area contributed by atoms with Crippen molar-refractivity contribution in [2.45, 2.75) is 12.1 Å². The van der Waals surface area contributed by atoms with Crippen molar-refractivity contribution in [3.05, 3.63) is 34.6 Å². The summed E-state index contributed by atoms with van der Waals surface area (Å²) in [6.45, 7) is 0.688. The molecule has 1 heterocycles. The van der Waals surface area contributed by atoms with Crippen LogP contribution in [-0.2, 0) is 19.1 Å². The normalized spacial score (nSPS) is 19.8. The Labute approximate surface area is 124 Å². The molecule has 2 N–H and O–H groups in total. The number of carboxylic acids is 1. The number of carbonyl (C=O) groups excluding carboxylic acids is 1. The van der Waals surface area contributed by atoms with Crippen molar-refractivity contribution in [3.8, 4) is 0 Å². The summed E-state index contributed by atoms with van der Waals surface area (Å²) >= 11 is 5.55. The number of aliphatic carboxylic acids is 1. The molecular formula is C13H13ClFNO5. The summed E-state index contributed by atoms with van der Waals surface area (Å²) in [5, 5.41) is 11.4. The Morgan fingerprint density at radius 3 is 2.76 bits per heavy atom. The molecule has 1 saturated heterocycles. The average molecular weight is 318 g/mol. The molecule has 1 fully saturated rings. The Morgan fingerprint density at radius 1 is 1.43 bits per heavy atom. The maximum Gasteiger partial charge on any atom is 0.330 e. The number of hydrogen-bond donors (Lipinski definition) is 2. The van der Waals surface area contributed by atoms with Gasteiger partial charge >= 0.3 is 5.97 Å². The smallest absolute Gasteiger partial charge is 0.330 e. The van der Waals surface area contributed by atoms with Gasteiger partial charge in [-0.1, -0.05) is 17.7 Å². The first-order valence-electron chi connectivity index (χ1n) is 6.16. The van der Waals surface area contributed by atoms with Crippen LogP contribution in [0.5, 0.6) is 0 Å². The van der Waals surface area contributed by atoms with Crippen molar-refractivity contribution in [2.24, 2.45) is 0 Å². The maximum absolute atomic E-state index is 13.4. The zero-order valence-corrected chi connectivity index (χ0v) is 11.6. The van der Waals surface area contributed by atoms with Gasteiger partial charge in [-0.2, -0.15) is 0 Å². The van der Waals surface area contributed by atoms with Crippen molar-refractivity contribution in [2.75, 3.05) is 19.8 Å². The van der Waals surface area contributed by atoms with E-state index in [1.807, 2.05) is 0 Å². The molecule has 2 rings (SSSR count). The summed E-state index contributed by atoms with van der Waals surface area (Å²) in [6, 6.07) is 2.14.